The van der Waals surface area contributed by atoms with E-state index in [4.69, 9.17) is 0 Å². The predicted molar refractivity (Wildman–Crippen MR) is 149 cm³/mol. The third-order valence-electron chi connectivity index (χ3n) is 7.33. The standard InChI is InChI=1S/C29H38N2O6.H2O.2H2/c1-18(34)11-26(35)24(17-33)21(8-10-32)12-20-13-23-25(31(2)3)15-22(29(37)28(23)27(36)14-20)7-6-19-5-4-9-30-16-19;;;/h4-5,9,15-16,20-21,24,32-33,37H,6-8,10-14,17H2,1-3H3;1H2;2*1H. The number of Topliss-reactive ketones (excluding diaryl/α,β-unsaturated/α-hetero) is 3. The Balaban J connectivity index is 0.00000507. The maximum atomic E-state index is 13.4. The molecule has 2 aromatic rings. The first-order chi connectivity index (χ1) is 17.7. The van der Waals surface area contributed by atoms with Crippen molar-refractivity contribution in [3.63, 3.8) is 0 Å². The topological polar surface area (TPSA) is 160 Å². The second-order valence-electron chi connectivity index (χ2n) is 10.4. The lowest BCUT2D eigenvalue weighted by atomic mass is 9.73. The molecule has 0 aliphatic heterocycles. The van der Waals surface area contributed by atoms with E-state index in [9.17, 15) is 29.7 Å². The van der Waals surface area contributed by atoms with Gasteiger partial charge in [0.05, 0.1) is 18.6 Å². The molecule has 5 N–H and O–H groups in total. The monoisotopic (exact) mass is 532 g/mol. The lowest BCUT2D eigenvalue weighted by molar-refractivity contribution is -0.131. The molecule has 0 spiro atoms. The number of ketones is 3. The SMILES string of the molecule is CC(=O)CC(=O)C(CO)C(CCO)CC1CC(=O)c2c(O)c(CCc3cccnc3)cc(N(C)C)c2C1.O.[HH].[HH]. The van der Waals surface area contributed by atoms with Crippen LogP contribution in [-0.2, 0) is 28.9 Å². The number of aromatic nitrogens is 1. The van der Waals surface area contributed by atoms with Crippen molar-refractivity contribution in [2.75, 3.05) is 32.2 Å². The number of fused-ring (bicyclic) bond motifs is 1. The molecule has 0 saturated heterocycles. The summed E-state index contributed by atoms with van der Waals surface area (Å²) in [4.78, 5) is 43.6. The average molecular weight is 533 g/mol. The third-order valence-corrected chi connectivity index (χ3v) is 7.33. The van der Waals surface area contributed by atoms with Gasteiger partial charge in [0.25, 0.3) is 0 Å². The van der Waals surface area contributed by atoms with Crippen LogP contribution in [0.5, 0.6) is 5.75 Å². The zero-order valence-electron chi connectivity index (χ0n) is 22.4. The Hall–Kier alpha value is -3.14. The Morgan fingerprint density at radius 3 is 2.53 bits per heavy atom. The molecule has 3 rings (SSSR count). The number of aromatic hydroxyl groups is 1. The normalized spacial score (nSPS) is 16.2. The van der Waals surface area contributed by atoms with Crippen LogP contribution >= 0.6 is 0 Å². The van der Waals surface area contributed by atoms with E-state index in [0.717, 1.165) is 16.8 Å². The van der Waals surface area contributed by atoms with Crippen molar-refractivity contribution < 1.29 is 38.0 Å². The molecule has 3 atom stereocenters. The van der Waals surface area contributed by atoms with Crippen LogP contribution in [-0.4, -0.2) is 70.4 Å². The van der Waals surface area contributed by atoms with Crippen LogP contribution in [0.2, 0.25) is 0 Å². The van der Waals surface area contributed by atoms with Gasteiger partial charge in [-0.05, 0) is 79.7 Å². The molecule has 1 aromatic carbocycles. The molecule has 0 amide bonds. The number of phenolic OH excluding ortho intramolecular Hbond substituents is 1. The van der Waals surface area contributed by atoms with E-state index in [0.29, 0.717) is 43.2 Å². The molecule has 9 nitrogen and oxygen atoms in total. The van der Waals surface area contributed by atoms with E-state index >= 15 is 0 Å². The second kappa shape index (κ2) is 14.1. The number of nitrogens with zero attached hydrogens (tertiary/aromatic N) is 2. The number of aliphatic hydroxyl groups excluding tert-OH is 2. The highest BCUT2D eigenvalue weighted by molar-refractivity contribution is 6.03. The number of phenols is 1. The van der Waals surface area contributed by atoms with Gasteiger partial charge in [-0.25, -0.2) is 0 Å². The maximum Gasteiger partial charge on any atom is 0.167 e. The summed E-state index contributed by atoms with van der Waals surface area (Å²) in [5, 5.41) is 30.7. The average Bonchev–Trinajstić information content (AvgIpc) is 2.84. The molecule has 9 heteroatoms. The number of hydrogen-bond acceptors (Lipinski definition) is 8. The van der Waals surface area contributed by atoms with E-state index in [1.165, 1.54) is 6.92 Å². The van der Waals surface area contributed by atoms with Gasteiger partial charge in [-0.1, -0.05) is 6.07 Å². The minimum atomic E-state index is -0.760. The fourth-order valence-corrected chi connectivity index (χ4v) is 5.53. The summed E-state index contributed by atoms with van der Waals surface area (Å²) in [7, 11) is 3.81. The molecule has 1 aliphatic rings. The second-order valence-corrected chi connectivity index (χ2v) is 10.4. The highest BCUT2D eigenvalue weighted by Crippen LogP contribution is 2.42. The number of aryl methyl sites for hydroxylation is 2. The molecule has 0 radical (unpaired) electrons. The van der Waals surface area contributed by atoms with Gasteiger partial charge in [-0.15, -0.1) is 0 Å². The lowest BCUT2D eigenvalue weighted by Crippen LogP contribution is -2.33. The van der Waals surface area contributed by atoms with Crippen LogP contribution in [0.4, 0.5) is 5.69 Å². The Labute approximate surface area is 226 Å². The summed E-state index contributed by atoms with van der Waals surface area (Å²) in [6.07, 6.45) is 6.00. The Morgan fingerprint density at radius 1 is 1.21 bits per heavy atom. The van der Waals surface area contributed by atoms with Gasteiger partial charge < -0.3 is 25.7 Å². The number of carbonyl (C=O) groups excluding carboxylic acids is 3. The van der Waals surface area contributed by atoms with Crippen LogP contribution in [0.15, 0.2) is 30.6 Å². The first kappa shape index (κ1) is 31.1. The molecule has 0 bridgehead atoms. The summed E-state index contributed by atoms with van der Waals surface area (Å²) >= 11 is 0. The van der Waals surface area contributed by atoms with Crippen LogP contribution in [0, 0.1) is 17.8 Å². The molecular weight excluding hydrogens is 488 g/mol. The third kappa shape index (κ3) is 7.46. The van der Waals surface area contributed by atoms with Crippen molar-refractivity contribution in [1.29, 1.82) is 0 Å². The molecule has 1 heterocycles. The molecule has 1 aliphatic carbocycles. The predicted octanol–water partition coefficient (Wildman–Crippen LogP) is 2.60. The van der Waals surface area contributed by atoms with Gasteiger partial charge in [0, 0.05) is 54.0 Å². The van der Waals surface area contributed by atoms with Gasteiger partial charge in [0.1, 0.15) is 17.3 Å². The number of anilines is 1. The molecular formula is C29H44N2O7. The van der Waals surface area contributed by atoms with E-state index in [1.54, 1.807) is 12.4 Å². The van der Waals surface area contributed by atoms with Crippen LogP contribution in [0.1, 0.15) is 62.5 Å². The largest absolute Gasteiger partial charge is 0.507 e. The first-order valence-electron chi connectivity index (χ1n) is 12.9. The highest BCUT2D eigenvalue weighted by Gasteiger charge is 2.35. The van der Waals surface area contributed by atoms with E-state index in [1.807, 2.05) is 37.2 Å². The van der Waals surface area contributed by atoms with Crippen LogP contribution in [0.3, 0.4) is 0 Å². The van der Waals surface area contributed by atoms with Crippen molar-refractivity contribution in [1.82, 2.24) is 4.98 Å². The number of carbonyl (C=O) groups is 3. The summed E-state index contributed by atoms with van der Waals surface area (Å²) in [5.74, 6) is -1.94. The number of pyridine rings is 1. The molecule has 3 unspecified atom stereocenters. The quantitative estimate of drug-likeness (QED) is 0.332. The van der Waals surface area contributed by atoms with Gasteiger partial charge in [0.2, 0.25) is 0 Å². The zero-order valence-corrected chi connectivity index (χ0v) is 22.4. The lowest BCUT2D eigenvalue weighted by Gasteiger charge is -2.33. The van der Waals surface area contributed by atoms with Crippen molar-refractivity contribution in [2.24, 2.45) is 17.8 Å². The van der Waals surface area contributed by atoms with Crippen LogP contribution < -0.4 is 4.90 Å². The van der Waals surface area contributed by atoms with Gasteiger partial charge in [0.15, 0.2) is 5.78 Å². The van der Waals surface area contributed by atoms with Gasteiger partial charge in [-0.2, -0.15) is 0 Å². The minimum absolute atomic E-state index is 0. The molecule has 212 valence electrons. The smallest absolute Gasteiger partial charge is 0.167 e. The fourth-order valence-electron chi connectivity index (χ4n) is 5.53. The summed E-state index contributed by atoms with van der Waals surface area (Å²) in [6.45, 7) is 0.776. The summed E-state index contributed by atoms with van der Waals surface area (Å²) in [6, 6.07) is 5.79. The van der Waals surface area contributed by atoms with E-state index < -0.39 is 12.5 Å². The molecule has 38 heavy (non-hydrogen) atoms. The minimum Gasteiger partial charge on any atom is -0.507 e. The first-order valence-corrected chi connectivity index (χ1v) is 12.9. The Bertz CT molecular complexity index is 1130. The van der Waals surface area contributed by atoms with Gasteiger partial charge >= 0.3 is 0 Å². The van der Waals surface area contributed by atoms with Gasteiger partial charge in [-0.3, -0.25) is 19.4 Å². The van der Waals surface area contributed by atoms with E-state index in [-0.39, 0.29) is 62.7 Å². The number of aliphatic hydroxyl groups is 2. The highest BCUT2D eigenvalue weighted by atomic mass is 16.3. The van der Waals surface area contributed by atoms with E-state index in [2.05, 4.69) is 4.98 Å². The Kier molecular flexibility index (Phi) is 11.6. The number of hydrogen-bond donors (Lipinski definition) is 3. The Morgan fingerprint density at radius 2 is 1.95 bits per heavy atom. The van der Waals surface area contributed by atoms with Crippen molar-refractivity contribution >= 4 is 23.0 Å². The summed E-state index contributed by atoms with van der Waals surface area (Å²) < 4.78 is 0. The van der Waals surface area contributed by atoms with Crippen molar-refractivity contribution in [3.8, 4) is 5.75 Å². The number of rotatable bonds is 13. The van der Waals surface area contributed by atoms with Crippen molar-refractivity contribution in [2.45, 2.75) is 51.9 Å². The molecule has 1 aromatic heterocycles. The molecule has 0 fully saturated rings. The number of benzene rings is 1. The maximum absolute atomic E-state index is 13.4. The fraction of sp³-hybridized carbons (Fsp3) is 0.517. The van der Waals surface area contributed by atoms with Crippen molar-refractivity contribution in [3.05, 3.63) is 52.8 Å². The zero-order chi connectivity index (χ0) is 27.1. The van der Waals surface area contributed by atoms with Crippen LogP contribution in [0.25, 0.3) is 0 Å². The molecule has 0 saturated carbocycles. The summed E-state index contributed by atoms with van der Waals surface area (Å²) in [5.41, 5.74) is 3.79.